The lowest BCUT2D eigenvalue weighted by Crippen LogP contribution is -2.08. The van der Waals surface area contributed by atoms with Gasteiger partial charge in [0.05, 0.1) is 24.8 Å². The molecule has 1 rings (SSSR count). The Morgan fingerprint density at radius 3 is 2.80 bits per heavy atom. The van der Waals surface area contributed by atoms with Crippen molar-refractivity contribution in [1.82, 2.24) is 0 Å². The number of halogens is 1. The van der Waals surface area contributed by atoms with Crippen molar-refractivity contribution in [1.29, 1.82) is 5.26 Å². The number of rotatable bonds is 2. The molecule has 1 aromatic carbocycles. The highest BCUT2D eigenvalue weighted by atomic mass is 35.5. The second-order valence-corrected chi connectivity index (χ2v) is 3.19. The molecule has 15 heavy (non-hydrogen) atoms. The first-order chi connectivity index (χ1) is 7.13. The molecule has 0 heterocycles. The van der Waals surface area contributed by atoms with Gasteiger partial charge in [0.25, 0.3) is 0 Å². The largest absolute Gasteiger partial charge is 0.465 e. The van der Waals surface area contributed by atoms with E-state index in [1.165, 1.54) is 19.2 Å². The molecule has 4 nitrogen and oxygen atoms in total. The van der Waals surface area contributed by atoms with Crippen molar-refractivity contribution in [2.24, 2.45) is 0 Å². The first-order valence-corrected chi connectivity index (χ1v) is 4.43. The minimum Gasteiger partial charge on any atom is -0.465 e. The topological polar surface area (TPSA) is 70.3 Å². The summed E-state index contributed by atoms with van der Waals surface area (Å²) in [6.45, 7) is -0.375. The van der Waals surface area contributed by atoms with Crippen molar-refractivity contribution in [2.75, 3.05) is 7.11 Å². The van der Waals surface area contributed by atoms with Crippen molar-refractivity contribution < 1.29 is 14.6 Å². The van der Waals surface area contributed by atoms with E-state index in [9.17, 15) is 4.79 Å². The molecule has 0 unspecified atom stereocenters. The summed E-state index contributed by atoms with van der Waals surface area (Å²) in [5, 5.41) is 18.1. The van der Waals surface area contributed by atoms with E-state index < -0.39 is 5.97 Å². The van der Waals surface area contributed by atoms with Gasteiger partial charge in [-0.2, -0.15) is 5.26 Å². The van der Waals surface area contributed by atoms with E-state index in [2.05, 4.69) is 4.74 Å². The number of nitrogens with zero attached hydrogens (tertiary/aromatic N) is 1. The zero-order chi connectivity index (χ0) is 11.4. The third-order valence-corrected chi connectivity index (χ3v) is 2.08. The van der Waals surface area contributed by atoms with Crippen molar-refractivity contribution in [2.45, 2.75) is 6.61 Å². The van der Waals surface area contributed by atoms with E-state index in [-0.39, 0.29) is 23.3 Å². The fourth-order valence-electron chi connectivity index (χ4n) is 1.22. The first kappa shape index (κ1) is 11.5. The van der Waals surface area contributed by atoms with Crippen LogP contribution in [-0.2, 0) is 11.3 Å². The first-order valence-electron chi connectivity index (χ1n) is 4.05. The Bertz CT molecular complexity index is 437. The van der Waals surface area contributed by atoms with Crippen LogP contribution in [0, 0.1) is 11.3 Å². The summed E-state index contributed by atoms with van der Waals surface area (Å²) in [5.74, 6) is -0.660. The number of hydrogen-bond acceptors (Lipinski definition) is 4. The second-order valence-electron chi connectivity index (χ2n) is 2.75. The summed E-state index contributed by atoms with van der Waals surface area (Å²) in [6.07, 6.45) is 0. The van der Waals surface area contributed by atoms with E-state index >= 15 is 0 Å². The number of benzene rings is 1. The van der Waals surface area contributed by atoms with Gasteiger partial charge in [-0.3, -0.25) is 0 Å². The molecular formula is C10H8ClNO3. The summed E-state index contributed by atoms with van der Waals surface area (Å²) < 4.78 is 4.52. The Kier molecular flexibility index (Phi) is 3.67. The lowest BCUT2D eigenvalue weighted by Gasteiger charge is -2.07. The quantitative estimate of drug-likeness (QED) is 0.775. The van der Waals surface area contributed by atoms with Gasteiger partial charge < -0.3 is 9.84 Å². The summed E-state index contributed by atoms with van der Waals surface area (Å²) in [7, 11) is 1.21. The van der Waals surface area contributed by atoms with Crippen LogP contribution in [0.5, 0.6) is 0 Å². The average Bonchev–Trinajstić information content (AvgIpc) is 2.26. The van der Waals surface area contributed by atoms with Gasteiger partial charge in [0.1, 0.15) is 6.07 Å². The predicted octanol–water partition coefficient (Wildman–Crippen LogP) is 1.49. The van der Waals surface area contributed by atoms with Crippen LogP contribution in [0.2, 0.25) is 5.02 Å². The monoisotopic (exact) mass is 225 g/mol. The van der Waals surface area contributed by atoms with Crippen LogP contribution in [0.1, 0.15) is 21.5 Å². The Balaban J connectivity index is 3.45. The highest BCUT2D eigenvalue weighted by Gasteiger charge is 2.17. The lowest BCUT2D eigenvalue weighted by atomic mass is 10.0. The summed E-state index contributed by atoms with van der Waals surface area (Å²) in [4.78, 5) is 11.4. The zero-order valence-corrected chi connectivity index (χ0v) is 8.71. The SMILES string of the molecule is COC(=O)c1c(C#N)cc(Cl)cc1CO. The fourth-order valence-corrected chi connectivity index (χ4v) is 1.46. The Hall–Kier alpha value is -1.57. The molecule has 0 bridgehead atoms. The van der Waals surface area contributed by atoms with Crippen molar-refractivity contribution in [3.63, 3.8) is 0 Å². The maximum Gasteiger partial charge on any atom is 0.339 e. The maximum atomic E-state index is 11.4. The lowest BCUT2D eigenvalue weighted by molar-refractivity contribution is 0.0597. The fraction of sp³-hybridized carbons (Fsp3) is 0.200. The van der Waals surface area contributed by atoms with Crippen LogP contribution in [0.4, 0.5) is 0 Å². The van der Waals surface area contributed by atoms with E-state index in [0.717, 1.165) is 0 Å². The van der Waals surface area contributed by atoms with Crippen molar-refractivity contribution >= 4 is 17.6 Å². The van der Waals surface area contributed by atoms with Gasteiger partial charge in [0, 0.05) is 5.02 Å². The second kappa shape index (κ2) is 4.78. The van der Waals surface area contributed by atoms with Gasteiger partial charge in [-0.25, -0.2) is 4.79 Å². The van der Waals surface area contributed by atoms with Crippen molar-refractivity contribution in [3.05, 3.63) is 33.8 Å². The van der Waals surface area contributed by atoms with Gasteiger partial charge in [-0.15, -0.1) is 0 Å². The Morgan fingerprint density at radius 1 is 1.67 bits per heavy atom. The molecule has 5 heteroatoms. The Morgan fingerprint density at radius 2 is 2.33 bits per heavy atom. The van der Waals surface area contributed by atoms with Crippen LogP contribution >= 0.6 is 11.6 Å². The minimum absolute atomic E-state index is 0.0619. The number of carbonyl (C=O) groups excluding carboxylic acids is 1. The van der Waals surface area contributed by atoms with E-state index in [1.54, 1.807) is 0 Å². The molecule has 78 valence electrons. The molecular weight excluding hydrogens is 218 g/mol. The number of esters is 1. The summed E-state index contributed by atoms with van der Waals surface area (Å²) in [6, 6.07) is 4.61. The molecule has 0 atom stereocenters. The molecule has 0 spiro atoms. The van der Waals surface area contributed by atoms with Crippen LogP contribution in [0.25, 0.3) is 0 Å². The summed E-state index contributed by atoms with van der Waals surface area (Å²) in [5.41, 5.74) is 0.441. The third kappa shape index (κ3) is 2.27. The number of aliphatic hydroxyl groups excluding tert-OH is 1. The molecule has 0 fully saturated rings. The number of hydrogen-bond donors (Lipinski definition) is 1. The molecule has 0 aromatic heterocycles. The molecule has 1 aromatic rings. The minimum atomic E-state index is -0.660. The summed E-state index contributed by atoms with van der Waals surface area (Å²) >= 11 is 5.71. The van der Waals surface area contributed by atoms with Gasteiger partial charge in [-0.05, 0) is 17.7 Å². The molecule has 0 aliphatic carbocycles. The van der Waals surface area contributed by atoms with Crippen LogP contribution in [-0.4, -0.2) is 18.2 Å². The Labute approximate surface area is 91.7 Å². The highest BCUT2D eigenvalue weighted by Crippen LogP contribution is 2.21. The van der Waals surface area contributed by atoms with Crippen LogP contribution in [0.15, 0.2) is 12.1 Å². The normalized spacial score (nSPS) is 9.47. The van der Waals surface area contributed by atoms with Gasteiger partial charge >= 0.3 is 5.97 Å². The molecule has 0 aliphatic heterocycles. The van der Waals surface area contributed by atoms with E-state index in [4.69, 9.17) is 22.0 Å². The van der Waals surface area contributed by atoms with E-state index in [1.807, 2.05) is 6.07 Å². The van der Waals surface area contributed by atoms with Gasteiger partial charge in [-0.1, -0.05) is 11.6 Å². The van der Waals surface area contributed by atoms with Crippen LogP contribution < -0.4 is 0 Å². The molecule has 0 radical (unpaired) electrons. The predicted molar refractivity (Wildman–Crippen MR) is 53.4 cm³/mol. The van der Waals surface area contributed by atoms with Crippen molar-refractivity contribution in [3.8, 4) is 6.07 Å². The number of nitriles is 1. The number of ether oxygens (including phenoxy) is 1. The number of carbonyl (C=O) groups is 1. The van der Waals surface area contributed by atoms with Gasteiger partial charge in [0.2, 0.25) is 0 Å². The molecule has 0 saturated heterocycles. The maximum absolute atomic E-state index is 11.4. The third-order valence-electron chi connectivity index (χ3n) is 1.87. The smallest absolute Gasteiger partial charge is 0.339 e. The molecule has 0 amide bonds. The van der Waals surface area contributed by atoms with Gasteiger partial charge in [0.15, 0.2) is 0 Å². The molecule has 1 N–H and O–H groups in total. The van der Waals surface area contributed by atoms with Crippen LogP contribution in [0.3, 0.4) is 0 Å². The standard InChI is InChI=1S/C10H8ClNO3/c1-15-10(14)9-6(4-12)2-8(11)3-7(9)5-13/h2-3,13H,5H2,1H3. The molecule has 0 aliphatic rings. The van der Waals surface area contributed by atoms with E-state index in [0.29, 0.717) is 5.02 Å². The average molecular weight is 226 g/mol. The highest BCUT2D eigenvalue weighted by molar-refractivity contribution is 6.31. The number of methoxy groups -OCH3 is 1. The zero-order valence-electron chi connectivity index (χ0n) is 7.95. The molecule has 0 saturated carbocycles. The number of aliphatic hydroxyl groups is 1.